The van der Waals surface area contributed by atoms with E-state index in [0.717, 1.165) is 5.56 Å². The molecular weight excluding hydrogens is 555 g/mol. The first-order chi connectivity index (χ1) is 21.0. The first-order valence-electron chi connectivity index (χ1n) is 14.6. The fourth-order valence-electron chi connectivity index (χ4n) is 5.43. The Balaban J connectivity index is 1.84. The third-order valence-electron chi connectivity index (χ3n) is 7.52. The highest BCUT2D eigenvalue weighted by Gasteiger charge is 2.32. The summed E-state index contributed by atoms with van der Waals surface area (Å²) in [6.07, 6.45) is 4.28. The van der Waals surface area contributed by atoms with Gasteiger partial charge in [-0.2, -0.15) is 4.98 Å². The van der Waals surface area contributed by atoms with Crippen molar-refractivity contribution in [3.05, 3.63) is 94.1 Å². The van der Waals surface area contributed by atoms with Crippen LogP contribution in [0.15, 0.2) is 66.6 Å². The van der Waals surface area contributed by atoms with Crippen molar-refractivity contribution in [2.24, 2.45) is 0 Å². The number of piperazine rings is 1. The molecule has 0 unspecified atom stereocenters. The molecule has 1 saturated heterocycles. The minimum atomic E-state index is -0.784. The number of pyridine rings is 2. The van der Waals surface area contributed by atoms with E-state index in [2.05, 4.69) is 16.5 Å². The topological polar surface area (TPSA) is 84.2 Å². The number of nitrogens with zero attached hydrogens (tertiary/aromatic N) is 6. The van der Waals surface area contributed by atoms with E-state index in [1.165, 1.54) is 21.6 Å². The average molecular weight is 589 g/mol. The molecule has 4 heterocycles. The van der Waals surface area contributed by atoms with E-state index in [1.807, 2.05) is 26.8 Å². The van der Waals surface area contributed by atoms with Crippen LogP contribution in [0.3, 0.4) is 0 Å². The van der Waals surface area contributed by atoms with Gasteiger partial charge in [-0.3, -0.25) is 9.78 Å². The second kappa shape index (κ2) is 11.9. The number of hydrogen-bond donors (Lipinski definition) is 0. The predicted octanol–water partition coefficient (Wildman–Crippen LogP) is 5.74. The zero-order valence-corrected chi connectivity index (χ0v) is 24.4. The molecule has 1 atom stereocenters. The zero-order chi connectivity index (χ0) is 31.7. The number of hydrogen-bond acceptors (Lipinski definition) is 6. The van der Waals surface area contributed by atoms with Gasteiger partial charge in [-0.15, -0.1) is 0 Å². The van der Waals surface area contributed by atoms with Crippen LogP contribution in [0.4, 0.5) is 10.2 Å². The molecule has 0 radical (unpaired) electrons. The largest absolute Gasteiger partial charge is 0.355 e. The van der Waals surface area contributed by atoms with Gasteiger partial charge in [-0.25, -0.2) is 18.7 Å². The molecule has 8 nitrogen and oxygen atoms in total. The lowest BCUT2D eigenvalue weighted by molar-refractivity contribution is -0.126. The molecule has 0 N–H and O–H groups in total. The first kappa shape index (κ1) is 26.5. The van der Waals surface area contributed by atoms with Gasteiger partial charge in [0.1, 0.15) is 12.5 Å². The van der Waals surface area contributed by atoms with E-state index >= 15 is 0 Å². The van der Waals surface area contributed by atoms with Gasteiger partial charge in [-0.05, 0) is 42.2 Å². The summed E-state index contributed by atoms with van der Waals surface area (Å²) in [6.45, 7) is 8.81. The van der Waals surface area contributed by atoms with Crippen molar-refractivity contribution in [1.82, 2.24) is 24.4 Å². The van der Waals surface area contributed by atoms with Gasteiger partial charge >= 0.3 is 5.69 Å². The van der Waals surface area contributed by atoms with E-state index in [0.29, 0.717) is 33.6 Å². The highest BCUT2D eigenvalue weighted by molar-refractivity contribution is 6.34. The second-order valence-corrected chi connectivity index (χ2v) is 10.9. The van der Waals surface area contributed by atoms with Crippen LogP contribution in [-0.4, -0.2) is 62.7 Å². The van der Waals surface area contributed by atoms with Crippen molar-refractivity contribution in [3.8, 4) is 16.9 Å². The Morgan fingerprint density at radius 1 is 1.26 bits per heavy atom. The molecule has 0 saturated carbocycles. The van der Waals surface area contributed by atoms with Crippen molar-refractivity contribution in [2.75, 3.05) is 31.2 Å². The maximum Gasteiger partial charge on any atom is 0.355 e. The number of rotatable bonds is 7. The lowest BCUT2D eigenvalue weighted by atomic mass is 10.0. The Kier molecular flexibility index (Phi) is 7.49. The normalized spacial score (nSPS) is 15.9. The van der Waals surface area contributed by atoms with Crippen LogP contribution in [-0.2, 0) is 4.79 Å². The lowest BCUT2D eigenvalue weighted by Gasteiger charge is -2.41. The monoisotopic (exact) mass is 588 g/mol. The summed E-state index contributed by atoms with van der Waals surface area (Å²) in [6, 6.07) is 9.83. The van der Waals surface area contributed by atoms with E-state index in [1.54, 1.807) is 41.4 Å². The van der Waals surface area contributed by atoms with Crippen molar-refractivity contribution in [1.29, 1.82) is 0 Å². The molecule has 0 aliphatic carbocycles. The first-order valence-corrected chi connectivity index (χ1v) is 14.0. The van der Waals surface area contributed by atoms with E-state index in [-0.39, 0.29) is 47.9 Å². The van der Waals surface area contributed by atoms with Gasteiger partial charge in [0.2, 0.25) is 5.91 Å². The molecule has 3 aromatic heterocycles. The lowest BCUT2D eigenvalue weighted by Crippen LogP contribution is -2.56. The van der Waals surface area contributed by atoms with Gasteiger partial charge in [-0.1, -0.05) is 68.9 Å². The molecule has 216 valence electrons. The van der Waals surface area contributed by atoms with Gasteiger partial charge in [0.15, 0.2) is 5.65 Å². The highest BCUT2D eigenvalue weighted by atomic mass is 35.5. The minimum absolute atomic E-state index is 0.0388. The van der Waals surface area contributed by atoms with Crippen molar-refractivity contribution in [3.63, 3.8) is 0 Å². The van der Waals surface area contributed by atoms with Crippen LogP contribution < -0.4 is 10.6 Å². The number of aromatic nitrogens is 4. The predicted molar refractivity (Wildman–Crippen MR) is 166 cm³/mol. The molecule has 1 fully saturated rings. The number of amides is 1. The molecule has 1 aliphatic rings. The Hall–Kier alpha value is -4.37. The Morgan fingerprint density at radius 3 is 2.76 bits per heavy atom. The SMILES string of the molecule is [2H]C([2H])=Cc1ccccc1-c1nc2c(cc1Cl)c(N1CCN(C(=O)C=C)C[C@@H]1CF)nc(=O)n2-c1c(C)ccnc1C(C)C. The molecular formula is C32H32ClFN6O2. The molecule has 0 spiro atoms. The summed E-state index contributed by atoms with van der Waals surface area (Å²) in [5.41, 5.74) is 3.11. The second-order valence-electron chi connectivity index (χ2n) is 10.5. The summed E-state index contributed by atoms with van der Waals surface area (Å²) in [5, 5.41) is 0.667. The molecule has 1 amide bonds. The number of alkyl halides is 1. The van der Waals surface area contributed by atoms with Crippen LogP contribution in [0.25, 0.3) is 34.1 Å². The highest BCUT2D eigenvalue weighted by Crippen LogP contribution is 2.36. The number of aryl methyl sites for hydroxylation is 1. The Labute approximate surface area is 251 Å². The van der Waals surface area contributed by atoms with E-state index < -0.39 is 24.9 Å². The van der Waals surface area contributed by atoms with Crippen LogP contribution in [0.5, 0.6) is 0 Å². The molecule has 1 aliphatic heterocycles. The van der Waals surface area contributed by atoms with Crippen LogP contribution in [0.2, 0.25) is 5.02 Å². The molecule has 10 heteroatoms. The Morgan fingerprint density at radius 2 is 2.05 bits per heavy atom. The summed E-state index contributed by atoms with van der Waals surface area (Å²) in [5.74, 6) is -0.116. The fraction of sp³-hybridized carbons (Fsp3) is 0.281. The van der Waals surface area contributed by atoms with Crippen molar-refractivity contribution in [2.45, 2.75) is 32.7 Å². The fourth-order valence-corrected chi connectivity index (χ4v) is 5.69. The maximum atomic E-state index is 14.5. The average Bonchev–Trinajstić information content (AvgIpc) is 3.00. The van der Waals surface area contributed by atoms with Gasteiger partial charge in [0.05, 0.1) is 36.3 Å². The third kappa shape index (κ3) is 5.09. The Bertz CT molecular complexity index is 1860. The standard InChI is InChI=1S/C32H32ClFN6O2/c1-6-21-10-8-9-11-23(21)28-25(33)16-24-30(39-15-14-38(26(41)7-2)18-22(39)17-34)37-32(42)40(31(24)36-28)29-20(5)12-13-35-27(29)19(3)4/h6-13,16,19,22H,1-2,14-15,17-18H2,3-5H3/t22-/m0/s1/i1D2. The van der Waals surface area contributed by atoms with Crippen molar-refractivity contribution >= 4 is 40.4 Å². The number of anilines is 1. The number of fused-ring (bicyclic) bond motifs is 1. The summed E-state index contributed by atoms with van der Waals surface area (Å²) < 4.78 is 31.3. The third-order valence-corrected chi connectivity index (χ3v) is 7.80. The summed E-state index contributed by atoms with van der Waals surface area (Å²) >= 11 is 6.90. The number of carbonyl (C=O) groups excluding carboxylic acids is 1. The molecule has 4 aromatic rings. The quantitative estimate of drug-likeness (QED) is 0.256. The maximum absolute atomic E-state index is 14.5. The van der Waals surface area contributed by atoms with Crippen LogP contribution >= 0.6 is 11.6 Å². The molecule has 1 aromatic carbocycles. The summed E-state index contributed by atoms with van der Waals surface area (Å²) in [4.78, 5) is 43.6. The minimum Gasteiger partial charge on any atom is -0.347 e. The van der Waals surface area contributed by atoms with Gasteiger partial charge in [0.25, 0.3) is 0 Å². The van der Waals surface area contributed by atoms with Crippen molar-refractivity contribution < 1.29 is 11.9 Å². The molecule has 5 rings (SSSR count). The summed E-state index contributed by atoms with van der Waals surface area (Å²) in [7, 11) is 0. The van der Waals surface area contributed by atoms with E-state index in [4.69, 9.17) is 19.3 Å². The van der Waals surface area contributed by atoms with E-state index in [9.17, 15) is 14.0 Å². The van der Waals surface area contributed by atoms with Gasteiger partial charge in [0, 0.05) is 31.4 Å². The molecule has 42 heavy (non-hydrogen) atoms. The smallest absolute Gasteiger partial charge is 0.347 e. The zero-order valence-electron chi connectivity index (χ0n) is 25.6. The molecule has 0 bridgehead atoms. The van der Waals surface area contributed by atoms with Gasteiger partial charge < -0.3 is 9.80 Å². The number of carbonyl (C=O) groups is 1. The van der Waals surface area contributed by atoms with Crippen LogP contribution in [0, 0.1) is 6.92 Å². The number of benzene rings is 1. The number of halogens is 2. The van der Waals surface area contributed by atoms with Crippen LogP contribution in [0.1, 0.15) is 39.3 Å².